The maximum absolute atomic E-state index is 10.4. The molecule has 0 aliphatic carbocycles. The Labute approximate surface area is 155 Å². The molecule has 6 nitrogen and oxygen atoms in total. The van der Waals surface area contributed by atoms with E-state index in [2.05, 4.69) is 37.7 Å². The van der Waals surface area contributed by atoms with Crippen LogP contribution in [0.1, 0.15) is 41.3 Å². The number of nitrogens with two attached hydrogens (primary N) is 1. The Balaban J connectivity index is 0.000000209. The quantitative estimate of drug-likeness (QED) is 0.780. The molecule has 2 aromatic rings. The molecule has 0 spiro atoms. The van der Waals surface area contributed by atoms with Gasteiger partial charge in [0.15, 0.2) is 0 Å². The predicted octanol–water partition coefficient (Wildman–Crippen LogP) is 3.29. The van der Waals surface area contributed by atoms with Crippen LogP contribution in [0.5, 0.6) is 0 Å². The molecule has 1 saturated heterocycles. The fourth-order valence-electron chi connectivity index (χ4n) is 3.35. The first kappa shape index (κ1) is 20.4. The molecule has 1 aliphatic rings. The SMILES string of the molecule is Cc1nc(N)c(C)c(C)c1[C@@H]1CCCN1C.O=S(=O)(O)c1ccccc1. The molecule has 0 unspecified atom stereocenters. The highest BCUT2D eigenvalue weighted by atomic mass is 32.2. The molecule has 142 valence electrons. The maximum atomic E-state index is 10.4. The van der Waals surface area contributed by atoms with Crippen LogP contribution in [0.15, 0.2) is 35.2 Å². The van der Waals surface area contributed by atoms with Crippen molar-refractivity contribution in [1.82, 2.24) is 9.88 Å². The minimum atomic E-state index is -4.00. The zero-order valence-corrected chi connectivity index (χ0v) is 16.5. The Morgan fingerprint density at radius 2 is 1.77 bits per heavy atom. The molecule has 1 aromatic carbocycles. The van der Waals surface area contributed by atoms with E-state index in [9.17, 15) is 8.42 Å². The standard InChI is InChI=1S/C13H21N3.C6H6O3S/c1-8-9(2)13(14)15-10(3)12(8)11-6-5-7-16(11)4;7-10(8,9)6-4-2-1-3-5-6/h11H,5-7H2,1-4H3,(H2,14,15);1-5H,(H,7,8,9)/t11-;/m0./s1. The lowest BCUT2D eigenvalue weighted by Crippen LogP contribution is -2.20. The van der Waals surface area contributed by atoms with Crippen molar-refractivity contribution in [1.29, 1.82) is 0 Å². The second kappa shape index (κ2) is 8.16. The van der Waals surface area contributed by atoms with Crippen LogP contribution in [0.4, 0.5) is 5.82 Å². The lowest BCUT2D eigenvalue weighted by molar-refractivity contribution is 0.315. The fraction of sp³-hybridized carbons (Fsp3) is 0.421. The smallest absolute Gasteiger partial charge is 0.294 e. The number of benzene rings is 1. The Morgan fingerprint density at radius 1 is 1.15 bits per heavy atom. The van der Waals surface area contributed by atoms with Crippen molar-refractivity contribution in [3.05, 3.63) is 52.7 Å². The third-order valence-electron chi connectivity index (χ3n) is 4.92. The summed E-state index contributed by atoms with van der Waals surface area (Å²) in [4.78, 5) is 6.81. The van der Waals surface area contributed by atoms with E-state index in [4.69, 9.17) is 10.3 Å². The van der Waals surface area contributed by atoms with Gasteiger partial charge in [-0.3, -0.25) is 9.45 Å². The second-order valence-corrected chi connectivity index (χ2v) is 8.09. The van der Waals surface area contributed by atoms with Crippen molar-refractivity contribution in [3.8, 4) is 0 Å². The summed E-state index contributed by atoms with van der Waals surface area (Å²) in [6.07, 6.45) is 2.52. The summed E-state index contributed by atoms with van der Waals surface area (Å²) in [7, 11) is -1.81. The number of pyridine rings is 1. The van der Waals surface area contributed by atoms with Gasteiger partial charge in [0.25, 0.3) is 10.1 Å². The molecular formula is C19H27N3O3S. The highest BCUT2D eigenvalue weighted by Gasteiger charge is 2.26. The monoisotopic (exact) mass is 377 g/mol. The third kappa shape index (κ3) is 4.60. The minimum Gasteiger partial charge on any atom is -0.383 e. The zero-order chi connectivity index (χ0) is 19.5. The first-order valence-electron chi connectivity index (χ1n) is 8.59. The van der Waals surface area contributed by atoms with Gasteiger partial charge in [0.2, 0.25) is 0 Å². The number of hydrogen-bond acceptors (Lipinski definition) is 5. The average Bonchev–Trinajstić information content (AvgIpc) is 2.99. The number of nitrogen functional groups attached to an aromatic ring is 1. The van der Waals surface area contributed by atoms with Gasteiger partial charge in [-0.1, -0.05) is 18.2 Å². The fourth-order valence-corrected chi connectivity index (χ4v) is 3.85. The van der Waals surface area contributed by atoms with Crippen LogP contribution in [-0.2, 0) is 10.1 Å². The molecule has 0 saturated carbocycles. The van der Waals surface area contributed by atoms with Gasteiger partial charge in [-0.2, -0.15) is 8.42 Å². The van der Waals surface area contributed by atoms with Gasteiger partial charge in [0.05, 0.1) is 4.90 Å². The molecule has 0 bridgehead atoms. The topological polar surface area (TPSA) is 96.5 Å². The van der Waals surface area contributed by atoms with E-state index in [1.165, 1.54) is 42.6 Å². The summed E-state index contributed by atoms with van der Waals surface area (Å²) >= 11 is 0. The summed E-state index contributed by atoms with van der Waals surface area (Å²) in [5.41, 5.74) is 10.9. The van der Waals surface area contributed by atoms with Crippen LogP contribution in [0.2, 0.25) is 0 Å². The lowest BCUT2D eigenvalue weighted by Gasteiger charge is -2.24. The summed E-state index contributed by atoms with van der Waals surface area (Å²) in [5, 5.41) is 0. The summed E-state index contributed by atoms with van der Waals surface area (Å²) in [5.74, 6) is 0.680. The molecule has 0 radical (unpaired) electrons. The molecule has 1 fully saturated rings. The van der Waals surface area contributed by atoms with Crippen molar-refractivity contribution >= 4 is 15.9 Å². The number of aryl methyl sites for hydroxylation is 1. The Hall–Kier alpha value is -1.96. The van der Waals surface area contributed by atoms with E-state index in [-0.39, 0.29) is 4.90 Å². The largest absolute Gasteiger partial charge is 0.383 e. The van der Waals surface area contributed by atoms with Gasteiger partial charge < -0.3 is 5.73 Å². The van der Waals surface area contributed by atoms with Gasteiger partial charge in [-0.05, 0) is 76.0 Å². The normalized spacial score (nSPS) is 17.7. The number of rotatable bonds is 2. The second-order valence-electron chi connectivity index (χ2n) is 6.67. The van der Waals surface area contributed by atoms with Crippen molar-refractivity contribution in [2.24, 2.45) is 0 Å². The van der Waals surface area contributed by atoms with Crippen LogP contribution >= 0.6 is 0 Å². The van der Waals surface area contributed by atoms with E-state index >= 15 is 0 Å². The number of hydrogen-bond donors (Lipinski definition) is 2. The first-order valence-corrected chi connectivity index (χ1v) is 10.0. The van der Waals surface area contributed by atoms with Crippen LogP contribution in [-0.4, -0.2) is 36.4 Å². The predicted molar refractivity (Wildman–Crippen MR) is 104 cm³/mol. The molecule has 0 amide bonds. The summed E-state index contributed by atoms with van der Waals surface area (Å²) in [6.45, 7) is 7.49. The van der Waals surface area contributed by atoms with E-state index < -0.39 is 10.1 Å². The van der Waals surface area contributed by atoms with E-state index in [1.54, 1.807) is 18.2 Å². The molecular weight excluding hydrogens is 350 g/mol. The molecule has 1 aliphatic heterocycles. The van der Waals surface area contributed by atoms with Gasteiger partial charge in [0.1, 0.15) is 5.82 Å². The van der Waals surface area contributed by atoms with Crippen LogP contribution in [0.3, 0.4) is 0 Å². The average molecular weight is 378 g/mol. The van der Waals surface area contributed by atoms with Crippen molar-refractivity contribution < 1.29 is 13.0 Å². The molecule has 3 N–H and O–H groups in total. The highest BCUT2D eigenvalue weighted by Crippen LogP contribution is 2.35. The van der Waals surface area contributed by atoms with Crippen molar-refractivity contribution in [3.63, 3.8) is 0 Å². The zero-order valence-electron chi connectivity index (χ0n) is 15.7. The van der Waals surface area contributed by atoms with E-state index in [0.717, 1.165) is 11.3 Å². The molecule has 1 aromatic heterocycles. The van der Waals surface area contributed by atoms with Crippen molar-refractivity contribution in [2.45, 2.75) is 44.6 Å². The minimum absolute atomic E-state index is 0.0741. The number of likely N-dealkylation sites (tertiary alicyclic amines) is 1. The third-order valence-corrected chi connectivity index (χ3v) is 5.79. The summed E-state index contributed by atoms with van der Waals surface area (Å²) < 4.78 is 29.2. The molecule has 3 rings (SSSR count). The lowest BCUT2D eigenvalue weighted by atomic mass is 9.95. The Kier molecular flexibility index (Phi) is 6.39. The van der Waals surface area contributed by atoms with Gasteiger partial charge in [-0.15, -0.1) is 0 Å². The molecule has 2 heterocycles. The van der Waals surface area contributed by atoms with Gasteiger partial charge >= 0.3 is 0 Å². The maximum Gasteiger partial charge on any atom is 0.294 e. The van der Waals surface area contributed by atoms with Crippen LogP contribution in [0.25, 0.3) is 0 Å². The van der Waals surface area contributed by atoms with Crippen LogP contribution < -0.4 is 5.73 Å². The Morgan fingerprint density at radius 3 is 2.23 bits per heavy atom. The summed E-state index contributed by atoms with van der Waals surface area (Å²) in [6, 6.07) is 7.96. The van der Waals surface area contributed by atoms with Crippen molar-refractivity contribution in [2.75, 3.05) is 19.3 Å². The van der Waals surface area contributed by atoms with E-state index in [1.807, 2.05) is 0 Å². The molecule has 7 heteroatoms. The number of aromatic nitrogens is 1. The van der Waals surface area contributed by atoms with Gasteiger partial charge in [-0.25, -0.2) is 4.98 Å². The number of anilines is 1. The van der Waals surface area contributed by atoms with Crippen LogP contribution in [0, 0.1) is 20.8 Å². The number of nitrogens with zero attached hydrogens (tertiary/aromatic N) is 2. The Bertz CT molecular complexity index is 867. The van der Waals surface area contributed by atoms with E-state index in [0.29, 0.717) is 11.9 Å². The molecule has 1 atom stereocenters. The van der Waals surface area contributed by atoms with Gasteiger partial charge in [0, 0.05) is 11.7 Å². The first-order chi connectivity index (χ1) is 12.1. The molecule has 26 heavy (non-hydrogen) atoms. The highest BCUT2D eigenvalue weighted by molar-refractivity contribution is 7.85.